The lowest BCUT2D eigenvalue weighted by atomic mass is 9.78. The van der Waals surface area contributed by atoms with Crippen molar-refractivity contribution in [1.29, 1.82) is 5.26 Å². The van der Waals surface area contributed by atoms with Gasteiger partial charge in [0, 0.05) is 19.5 Å². The molecule has 0 aliphatic heterocycles. The van der Waals surface area contributed by atoms with Gasteiger partial charge in [-0.05, 0) is 73.9 Å². The summed E-state index contributed by atoms with van der Waals surface area (Å²) in [5.41, 5.74) is 9.82. The summed E-state index contributed by atoms with van der Waals surface area (Å²) in [6.07, 6.45) is 12.1. The Hall–Kier alpha value is -2.11. The molecule has 1 aliphatic carbocycles. The van der Waals surface area contributed by atoms with Crippen molar-refractivity contribution in [2.45, 2.75) is 71.4 Å². The van der Waals surface area contributed by atoms with Crippen LogP contribution in [0.4, 0.5) is 0 Å². The molecule has 1 heterocycles. The molecule has 1 aromatic carbocycles. The molecule has 0 amide bonds. The third-order valence-electron chi connectivity index (χ3n) is 6.22. The highest BCUT2D eigenvalue weighted by Crippen LogP contribution is 2.34. The smallest absolute Gasteiger partial charge is 0.0992 e. The molecule has 0 bridgehead atoms. The van der Waals surface area contributed by atoms with Crippen LogP contribution in [-0.2, 0) is 16.2 Å². The lowest BCUT2D eigenvalue weighted by Crippen LogP contribution is -2.21. The molecule has 3 unspecified atom stereocenters. The number of aromatic nitrogens is 2. The zero-order chi connectivity index (χ0) is 25.3. The Morgan fingerprint density at radius 1 is 1.35 bits per heavy atom. The van der Waals surface area contributed by atoms with Gasteiger partial charge in [0.05, 0.1) is 42.2 Å². The summed E-state index contributed by atoms with van der Waals surface area (Å²) in [5, 5.41) is 16.2. The van der Waals surface area contributed by atoms with Crippen molar-refractivity contribution in [3.05, 3.63) is 41.9 Å². The Morgan fingerprint density at radius 3 is 2.62 bits per heavy atom. The van der Waals surface area contributed by atoms with Gasteiger partial charge in [-0.2, -0.15) is 5.26 Å². The highest BCUT2D eigenvalue weighted by molar-refractivity contribution is 6.17. The van der Waals surface area contributed by atoms with Gasteiger partial charge in [0.25, 0.3) is 0 Å². The van der Waals surface area contributed by atoms with Crippen molar-refractivity contribution in [1.82, 2.24) is 9.55 Å². The van der Waals surface area contributed by atoms with Crippen molar-refractivity contribution in [3.8, 4) is 6.07 Å². The monoisotopic (exact) mass is 492 g/mol. The molecule has 0 spiro atoms. The van der Waals surface area contributed by atoms with Gasteiger partial charge < -0.3 is 15.0 Å². The number of halogens is 1. The van der Waals surface area contributed by atoms with Crippen molar-refractivity contribution in [2.24, 2.45) is 17.6 Å². The second-order valence-electron chi connectivity index (χ2n) is 8.47. The van der Waals surface area contributed by atoms with Crippen LogP contribution < -0.4 is 5.73 Å². The van der Waals surface area contributed by atoms with E-state index >= 15 is 0 Å². The Labute approximate surface area is 209 Å². The fourth-order valence-electron chi connectivity index (χ4n) is 4.68. The average Bonchev–Trinajstić information content (AvgIpc) is 3.24. The second kappa shape index (κ2) is 17.3. The molecule has 3 N–H and O–H groups in total. The molecule has 3 rings (SSSR count). The maximum absolute atomic E-state index is 9.18. The fourth-order valence-corrected chi connectivity index (χ4v) is 4.68. The van der Waals surface area contributed by atoms with Crippen LogP contribution in [-0.4, -0.2) is 41.0 Å². The molecule has 1 aromatic heterocycles. The molecule has 0 saturated heterocycles. The minimum absolute atomic E-state index is 0.149. The van der Waals surface area contributed by atoms with Crippen LogP contribution in [0.3, 0.4) is 0 Å². The van der Waals surface area contributed by atoms with Crippen LogP contribution in [0.15, 0.2) is 36.3 Å². The molecule has 1 fully saturated rings. The van der Waals surface area contributed by atoms with Gasteiger partial charge in [0.15, 0.2) is 0 Å². The molecule has 7 nitrogen and oxygen atoms in total. The van der Waals surface area contributed by atoms with Crippen LogP contribution in [0.25, 0.3) is 11.0 Å². The Bertz CT molecular complexity index is 888. The molecular formula is C26H41ClN4O3. The molecule has 3 atom stereocenters. The van der Waals surface area contributed by atoms with Crippen molar-refractivity contribution in [3.63, 3.8) is 0 Å². The first-order chi connectivity index (χ1) is 16.5. The standard InChI is InChI=1S/C23H32N4O.C2H5Cl.CH4O2/c1-3-23(28-2)20(14-25)9-7-17-5-4-6-19(11-17)15-27-16-26-21-10-8-18(13-24)12-22(21)27;1-2-3;1-3-2/h8,10,12,14,16-17,19,23H,3-7,9,11,15,25H2,1-2H3;2H2,1H3;2H,1H3/b20-14-;;. The number of rotatable bonds is 8. The largest absolute Gasteiger partial charge is 0.405 e. The van der Waals surface area contributed by atoms with E-state index in [0.717, 1.165) is 42.2 Å². The number of fused-ring (bicyclic) bond motifs is 1. The summed E-state index contributed by atoms with van der Waals surface area (Å²) in [6, 6.07) is 7.96. The highest BCUT2D eigenvalue weighted by Gasteiger charge is 2.24. The number of nitrogens with zero attached hydrogens (tertiary/aromatic N) is 3. The highest BCUT2D eigenvalue weighted by atomic mass is 35.5. The Morgan fingerprint density at radius 2 is 2.03 bits per heavy atom. The molecule has 0 radical (unpaired) electrons. The molecule has 190 valence electrons. The number of imidazole rings is 1. The Balaban J connectivity index is 0.000000872. The summed E-state index contributed by atoms with van der Waals surface area (Å²) in [6.45, 7) is 5.01. The van der Waals surface area contributed by atoms with E-state index in [0.29, 0.717) is 11.5 Å². The first kappa shape index (κ1) is 29.9. The number of alkyl halides is 1. The molecule has 34 heavy (non-hydrogen) atoms. The third-order valence-corrected chi connectivity index (χ3v) is 6.22. The lowest BCUT2D eigenvalue weighted by Gasteiger charge is -2.30. The minimum Gasteiger partial charge on any atom is -0.405 e. The van der Waals surface area contributed by atoms with Crippen LogP contribution in [0.5, 0.6) is 0 Å². The van der Waals surface area contributed by atoms with Crippen LogP contribution in [0.2, 0.25) is 0 Å². The van der Waals surface area contributed by atoms with E-state index in [1.165, 1.54) is 44.8 Å². The van der Waals surface area contributed by atoms with E-state index in [2.05, 4.69) is 27.4 Å². The van der Waals surface area contributed by atoms with E-state index in [1.54, 1.807) is 13.3 Å². The minimum atomic E-state index is 0.149. The number of ether oxygens (including phenoxy) is 1. The predicted octanol–water partition coefficient (Wildman–Crippen LogP) is 6.11. The normalized spacial score (nSPS) is 18.8. The maximum atomic E-state index is 9.18. The van der Waals surface area contributed by atoms with Crippen LogP contribution in [0.1, 0.15) is 64.4 Å². The van der Waals surface area contributed by atoms with Crippen molar-refractivity contribution in [2.75, 3.05) is 20.1 Å². The molecular weight excluding hydrogens is 452 g/mol. The molecule has 2 aromatic rings. The molecule has 8 heteroatoms. The number of nitriles is 1. The first-order valence-electron chi connectivity index (χ1n) is 12.0. The summed E-state index contributed by atoms with van der Waals surface area (Å²) >= 11 is 5.00. The van der Waals surface area contributed by atoms with E-state index in [-0.39, 0.29) is 6.10 Å². The van der Waals surface area contributed by atoms with Gasteiger partial charge in [-0.3, -0.25) is 5.26 Å². The van der Waals surface area contributed by atoms with Crippen LogP contribution >= 0.6 is 11.6 Å². The number of benzene rings is 1. The number of nitrogens with two attached hydrogens (primary N) is 1. The quantitative estimate of drug-likeness (QED) is 0.261. The topological polar surface area (TPSA) is 106 Å². The average molecular weight is 493 g/mol. The predicted molar refractivity (Wildman–Crippen MR) is 139 cm³/mol. The first-order valence-corrected chi connectivity index (χ1v) is 12.6. The van der Waals surface area contributed by atoms with Gasteiger partial charge >= 0.3 is 0 Å². The van der Waals surface area contributed by atoms with E-state index < -0.39 is 0 Å². The maximum Gasteiger partial charge on any atom is 0.0992 e. The van der Waals surface area contributed by atoms with E-state index in [4.69, 9.17) is 27.3 Å². The fraction of sp³-hybridized carbons (Fsp3) is 0.615. The summed E-state index contributed by atoms with van der Waals surface area (Å²) in [4.78, 5) is 7.76. The lowest BCUT2D eigenvalue weighted by molar-refractivity contribution is -0.214. The SMILES string of the molecule is CCC(OC)/C(=C\N)CCC1CCCC(Cn2cnc3ccc(C#N)cc32)C1.CCCl.COO. The van der Waals surface area contributed by atoms with E-state index in [9.17, 15) is 5.26 Å². The van der Waals surface area contributed by atoms with Crippen molar-refractivity contribution < 1.29 is 14.9 Å². The number of hydrogen-bond acceptors (Lipinski definition) is 6. The van der Waals surface area contributed by atoms with Gasteiger partial charge in [-0.1, -0.05) is 26.7 Å². The third kappa shape index (κ3) is 9.63. The van der Waals surface area contributed by atoms with Gasteiger partial charge in [0.1, 0.15) is 0 Å². The van der Waals surface area contributed by atoms with Crippen LogP contribution in [0, 0.1) is 23.2 Å². The van der Waals surface area contributed by atoms with Gasteiger partial charge in [0.2, 0.25) is 0 Å². The zero-order valence-electron chi connectivity index (χ0n) is 21.0. The number of hydrogen-bond donors (Lipinski definition) is 2. The molecule has 1 saturated carbocycles. The van der Waals surface area contributed by atoms with Gasteiger partial charge in [-0.15, -0.1) is 11.6 Å². The second-order valence-corrected chi connectivity index (χ2v) is 9.01. The molecule has 1 aliphatic rings. The number of methoxy groups -OCH3 is 1. The van der Waals surface area contributed by atoms with E-state index in [1.807, 2.05) is 31.5 Å². The summed E-state index contributed by atoms with van der Waals surface area (Å²) in [7, 11) is 2.95. The van der Waals surface area contributed by atoms with Crippen molar-refractivity contribution >= 4 is 22.6 Å². The van der Waals surface area contributed by atoms with Gasteiger partial charge in [-0.25, -0.2) is 9.87 Å². The summed E-state index contributed by atoms with van der Waals surface area (Å²) < 4.78 is 7.79. The summed E-state index contributed by atoms with van der Waals surface area (Å²) in [5.74, 6) is 2.13. The zero-order valence-corrected chi connectivity index (χ0v) is 21.8. The Kier molecular flexibility index (Phi) is 15.3.